The van der Waals surface area contributed by atoms with Crippen LogP contribution in [-0.2, 0) is 4.79 Å². The molecule has 0 bridgehead atoms. The molecule has 0 radical (unpaired) electrons. The minimum absolute atomic E-state index is 0.225. The molecule has 0 heterocycles. The number of carbonyl (C=O) groups is 1. The Kier molecular flexibility index (Phi) is 5.65. The van der Waals surface area contributed by atoms with Crippen LogP contribution in [0.15, 0.2) is 24.3 Å². The lowest BCUT2D eigenvalue weighted by Crippen LogP contribution is -2.04. The lowest BCUT2D eigenvalue weighted by atomic mass is 10.1. The van der Waals surface area contributed by atoms with Gasteiger partial charge in [-0.3, -0.25) is 4.79 Å². The molecule has 0 fully saturated rings. The molecule has 0 aromatic heterocycles. The summed E-state index contributed by atoms with van der Waals surface area (Å²) in [5.74, 6) is 6.28. The second kappa shape index (κ2) is 7.03. The number of carbonyl (C=O) groups excluding carboxylic acids is 1. The zero-order chi connectivity index (χ0) is 12.7. The molecular formula is C14H16O2S. The van der Waals surface area contributed by atoms with Gasteiger partial charge >= 0.3 is 5.97 Å². The molecule has 0 amide bonds. The molecule has 1 unspecified atom stereocenters. The first-order valence-corrected chi connectivity index (χ1v) is 6.10. The highest BCUT2D eigenvalue weighted by atomic mass is 32.1. The van der Waals surface area contributed by atoms with Crippen molar-refractivity contribution in [2.45, 2.75) is 31.9 Å². The van der Waals surface area contributed by atoms with Crippen LogP contribution in [0, 0.1) is 11.8 Å². The highest BCUT2D eigenvalue weighted by Crippen LogP contribution is 2.28. The molecular weight excluding hydrogens is 232 g/mol. The Morgan fingerprint density at radius 2 is 2.18 bits per heavy atom. The first kappa shape index (κ1) is 13.7. The molecule has 1 aromatic rings. The Bertz CT molecular complexity index is 443. The SMILES string of the molecule is CCCC#CC(S)c1ccccc1OC(C)=O. The van der Waals surface area contributed by atoms with E-state index in [1.165, 1.54) is 6.92 Å². The topological polar surface area (TPSA) is 26.3 Å². The van der Waals surface area contributed by atoms with Crippen LogP contribution in [0.1, 0.15) is 37.5 Å². The number of unbranched alkanes of at least 4 members (excludes halogenated alkanes) is 1. The lowest BCUT2D eigenvalue weighted by Gasteiger charge is -2.10. The Morgan fingerprint density at radius 1 is 1.47 bits per heavy atom. The van der Waals surface area contributed by atoms with Crippen molar-refractivity contribution >= 4 is 18.6 Å². The zero-order valence-corrected chi connectivity index (χ0v) is 11.0. The van der Waals surface area contributed by atoms with Crippen LogP contribution in [0.4, 0.5) is 0 Å². The van der Waals surface area contributed by atoms with Gasteiger partial charge in [0.15, 0.2) is 0 Å². The zero-order valence-electron chi connectivity index (χ0n) is 10.1. The number of thiol groups is 1. The number of ether oxygens (including phenoxy) is 1. The van der Waals surface area contributed by atoms with E-state index in [0.29, 0.717) is 5.75 Å². The van der Waals surface area contributed by atoms with Crippen molar-refractivity contribution in [1.82, 2.24) is 0 Å². The van der Waals surface area contributed by atoms with Crippen molar-refractivity contribution in [1.29, 1.82) is 0 Å². The Hall–Kier alpha value is -1.40. The van der Waals surface area contributed by atoms with Crippen LogP contribution in [0.25, 0.3) is 0 Å². The third kappa shape index (κ3) is 4.54. The van der Waals surface area contributed by atoms with Crippen molar-refractivity contribution in [3.63, 3.8) is 0 Å². The molecule has 0 aliphatic rings. The largest absolute Gasteiger partial charge is 0.426 e. The summed E-state index contributed by atoms with van der Waals surface area (Å²) < 4.78 is 5.12. The number of para-hydroxylation sites is 1. The molecule has 0 spiro atoms. The minimum atomic E-state index is -0.334. The van der Waals surface area contributed by atoms with Crippen LogP contribution in [0.2, 0.25) is 0 Å². The van der Waals surface area contributed by atoms with E-state index in [-0.39, 0.29) is 11.2 Å². The Morgan fingerprint density at radius 3 is 2.82 bits per heavy atom. The van der Waals surface area contributed by atoms with E-state index in [0.717, 1.165) is 18.4 Å². The molecule has 0 aliphatic heterocycles. The molecule has 0 saturated carbocycles. The smallest absolute Gasteiger partial charge is 0.308 e. The molecule has 0 N–H and O–H groups in total. The van der Waals surface area contributed by atoms with Crippen molar-refractivity contribution in [3.05, 3.63) is 29.8 Å². The monoisotopic (exact) mass is 248 g/mol. The second-order valence-electron chi connectivity index (χ2n) is 3.61. The Labute approximate surface area is 108 Å². The molecule has 0 saturated heterocycles. The van der Waals surface area contributed by atoms with E-state index in [4.69, 9.17) is 4.74 Å². The number of benzene rings is 1. The maximum Gasteiger partial charge on any atom is 0.308 e. The van der Waals surface area contributed by atoms with Crippen LogP contribution in [0.5, 0.6) is 5.75 Å². The predicted molar refractivity (Wildman–Crippen MR) is 72.2 cm³/mol. The van der Waals surface area contributed by atoms with E-state index >= 15 is 0 Å². The number of esters is 1. The van der Waals surface area contributed by atoms with Crippen LogP contribution < -0.4 is 4.74 Å². The maximum absolute atomic E-state index is 11.0. The summed E-state index contributed by atoms with van der Waals surface area (Å²) in [5, 5.41) is -0.225. The van der Waals surface area contributed by atoms with Gasteiger partial charge < -0.3 is 4.74 Å². The summed E-state index contributed by atoms with van der Waals surface area (Å²) in [6.07, 6.45) is 1.88. The highest BCUT2D eigenvalue weighted by molar-refractivity contribution is 7.80. The fourth-order valence-corrected chi connectivity index (χ4v) is 1.63. The molecule has 0 aliphatic carbocycles. The van der Waals surface area contributed by atoms with Crippen molar-refractivity contribution in [3.8, 4) is 17.6 Å². The maximum atomic E-state index is 11.0. The minimum Gasteiger partial charge on any atom is -0.426 e. The molecule has 90 valence electrons. The number of hydrogen-bond donors (Lipinski definition) is 1. The van der Waals surface area contributed by atoms with Gasteiger partial charge in [-0.05, 0) is 12.5 Å². The van der Waals surface area contributed by atoms with Gasteiger partial charge in [0.2, 0.25) is 0 Å². The van der Waals surface area contributed by atoms with Crippen LogP contribution in [-0.4, -0.2) is 5.97 Å². The first-order valence-electron chi connectivity index (χ1n) is 5.59. The van der Waals surface area contributed by atoms with Gasteiger partial charge in [-0.25, -0.2) is 0 Å². The van der Waals surface area contributed by atoms with Gasteiger partial charge in [0.05, 0.1) is 5.25 Å². The highest BCUT2D eigenvalue weighted by Gasteiger charge is 2.10. The summed E-state index contributed by atoms with van der Waals surface area (Å²) in [4.78, 5) is 11.0. The second-order valence-corrected chi connectivity index (χ2v) is 4.12. The molecule has 2 nitrogen and oxygen atoms in total. The average molecular weight is 248 g/mol. The van der Waals surface area contributed by atoms with E-state index in [9.17, 15) is 4.79 Å². The Balaban J connectivity index is 2.89. The number of rotatable bonds is 3. The quantitative estimate of drug-likeness (QED) is 0.384. The van der Waals surface area contributed by atoms with Crippen molar-refractivity contribution < 1.29 is 9.53 Å². The van der Waals surface area contributed by atoms with Gasteiger partial charge in [-0.2, -0.15) is 12.6 Å². The number of hydrogen-bond acceptors (Lipinski definition) is 3. The standard InChI is InChI=1S/C14H16O2S/c1-3-4-5-10-14(17)12-8-6-7-9-13(12)16-11(2)15/h6-9,14,17H,3-4H2,1-2H3. The molecule has 17 heavy (non-hydrogen) atoms. The fourth-order valence-electron chi connectivity index (χ4n) is 1.33. The normalized spacial score (nSPS) is 11.2. The van der Waals surface area contributed by atoms with Gasteiger partial charge in [-0.15, -0.1) is 5.92 Å². The van der Waals surface area contributed by atoms with Crippen molar-refractivity contribution in [2.24, 2.45) is 0 Å². The third-order valence-electron chi connectivity index (χ3n) is 2.08. The summed E-state index contributed by atoms with van der Waals surface area (Å²) in [6, 6.07) is 7.33. The van der Waals surface area contributed by atoms with E-state index in [2.05, 4.69) is 31.4 Å². The lowest BCUT2D eigenvalue weighted by molar-refractivity contribution is -0.131. The summed E-state index contributed by atoms with van der Waals surface area (Å²) in [5.41, 5.74) is 0.828. The molecule has 1 aromatic carbocycles. The van der Waals surface area contributed by atoms with Crippen LogP contribution in [0.3, 0.4) is 0 Å². The summed E-state index contributed by atoms with van der Waals surface area (Å²) >= 11 is 4.42. The van der Waals surface area contributed by atoms with Gasteiger partial charge in [0, 0.05) is 18.9 Å². The average Bonchev–Trinajstić information content (AvgIpc) is 2.29. The van der Waals surface area contributed by atoms with Gasteiger partial charge in [0.25, 0.3) is 0 Å². The fraction of sp³-hybridized carbons (Fsp3) is 0.357. The summed E-state index contributed by atoms with van der Waals surface area (Å²) in [6.45, 7) is 3.46. The van der Waals surface area contributed by atoms with Crippen LogP contribution >= 0.6 is 12.6 Å². The van der Waals surface area contributed by atoms with E-state index in [1.54, 1.807) is 6.07 Å². The van der Waals surface area contributed by atoms with E-state index in [1.807, 2.05) is 18.2 Å². The first-order chi connectivity index (χ1) is 8.15. The van der Waals surface area contributed by atoms with Crippen molar-refractivity contribution in [2.75, 3.05) is 0 Å². The molecule has 1 atom stereocenters. The predicted octanol–water partition coefficient (Wildman–Crippen LogP) is 3.39. The summed E-state index contributed by atoms with van der Waals surface area (Å²) in [7, 11) is 0. The molecule has 3 heteroatoms. The van der Waals surface area contributed by atoms with E-state index < -0.39 is 0 Å². The molecule has 1 rings (SSSR count). The third-order valence-corrected chi connectivity index (χ3v) is 2.49. The van der Waals surface area contributed by atoms with Gasteiger partial charge in [0.1, 0.15) is 5.75 Å². The van der Waals surface area contributed by atoms with Gasteiger partial charge in [-0.1, -0.05) is 31.0 Å².